The Morgan fingerprint density at radius 3 is 2.65 bits per heavy atom. The van der Waals surface area contributed by atoms with E-state index in [1.165, 1.54) is 32.1 Å². The van der Waals surface area contributed by atoms with Gasteiger partial charge in [0.25, 0.3) is 6.33 Å². The first-order valence-corrected chi connectivity index (χ1v) is 6.66. The van der Waals surface area contributed by atoms with Crippen molar-refractivity contribution in [1.82, 2.24) is 4.57 Å². The molecule has 1 unspecified atom stereocenters. The summed E-state index contributed by atoms with van der Waals surface area (Å²) in [6.45, 7) is 5.90. The van der Waals surface area contributed by atoms with Gasteiger partial charge >= 0.3 is 0 Å². The third-order valence-corrected chi connectivity index (χ3v) is 3.05. The lowest BCUT2D eigenvalue weighted by Crippen LogP contribution is -2.37. The summed E-state index contributed by atoms with van der Waals surface area (Å²) in [5, 5.41) is 9.95. The Labute approximate surface area is 104 Å². The number of hydrogen-bond donors (Lipinski definition) is 1. The molecular formula is C14H25N2O+. The molecule has 0 aliphatic rings. The van der Waals surface area contributed by atoms with Crippen LogP contribution in [0, 0.1) is 0 Å². The average Bonchev–Trinajstić information content (AvgIpc) is 2.82. The zero-order valence-corrected chi connectivity index (χ0v) is 10.9. The van der Waals surface area contributed by atoms with E-state index in [0.29, 0.717) is 0 Å². The number of imidazole rings is 1. The van der Waals surface area contributed by atoms with Crippen LogP contribution in [0.5, 0.6) is 0 Å². The highest BCUT2D eigenvalue weighted by atomic mass is 16.3. The molecule has 0 amide bonds. The lowest BCUT2D eigenvalue weighted by atomic mass is 10.1. The SMILES string of the molecule is C=Cn1cc[n+](C(O)CCCCCCCC)c1. The van der Waals surface area contributed by atoms with E-state index < -0.39 is 6.23 Å². The van der Waals surface area contributed by atoms with Crippen molar-refractivity contribution in [3.63, 3.8) is 0 Å². The van der Waals surface area contributed by atoms with E-state index in [9.17, 15) is 5.11 Å². The third kappa shape index (κ3) is 5.18. The molecule has 3 nitrogen and oxygen atoms in total. The molecule has 3 heteroatoms. The molecule has 1 aromatic heterocycles. The molecule has 17 heavy (non-hydrogen) atoms. The van der Waals surface area contributed by atoms with Gasteiger partial charge in [-0.3, -0.25) is 0 Å². The van der Waals surface area contributed by atoms with E-state index in [0.717, 1.165) is 12.8 Å². The molecule has 96 valence electrons. The van der Waals surface area contributed by atoms with Crippen LogP contribution in [0.25, 0.3) is 6.20 Å². The number of unbranched alkanes of at least 4 members (excludes halogenated alkanes) is 5. The van der Waals surface area contributed by atoms with E-state index in [2.05, 4.69) is 13.5 Å². The van der Waals surface area contributed by atoms with E-state index in [1.54, 1.807) is 6.20 Å². The number of aliphatic hydroxyl groups is 1. The Bertz CT molecular complexity index is 320. The Morgan fingerprint density at radius 1 is 1.29 bits per heavy atom. The Balaban J connectivity index is 2.16. The molecule has 1 atom stereocenters. The lowest BCUT2D eigenvalue weighted by Gasteiger charge is -2.06. The standard InChI is InChI=1S/C14H25N2O/c1-3-5-6-7-8-9-10-14(17)16-12-11-15(4-2)13-16/h4,11-14,17H,2-3,5-10H2,1H3/q+1. The molecule has 1 rings (SSSR count). The minimum atomic E-state index is -0.401. The van der Waals surface area contributed by atoms with Crippen molar-refractivity contribution in [2.24, 2.45) is 0 Å². The average molecular weight is 237 g/mol. The maximum atomic E-state index is 9.95. The number of aliphatic hydroxyl groups excluding tert-OH is 1. The third-order valence-electron chi connectivity index (χ3n) is 3.05. The normalized spacial score (nSPS) is 12.6. The maximum Gasteiger partial charge on any atom is 0.250 e. The fourth-order valence-electron chi connectivity index (χ4n) is 1.93. The van der Waals surface area contributed by atoms with Gasteiger partial charge in [-0.1, -0.05) is 45.6 Å². The maximum absolute atomic E-state index is 9.95. The van der Waals surface area contributed by atoms with Crippen LogP contribution in [0.1, 0.15) is 58.1 Å². The van der Waals surface area contributed by atoms with Crippen molar-refractivity contribution in [2.45, 2.75) is 58.1 Å². The summed E-state index contributed by atoms with van der Waals surface area (Å²) in [6, 6.07) is 0. The monoisotopic (exact) mass is 237 g/mol. The molecule has 0 aliphatic heterocycles. The lowest BCUT2D eigenvalue weighted by molar-refractivity contribution is -0.759. The highest BCUT2D eigenvalue weighted by Gasteiger charge is 2.11. The van der Waals surface area contributed by atoms with Crippen LogP contribution in [-0.4, -0.2) is 9.67 Å². The fraction of sp³-hybridized carbons (Fsp3) is 0.643. The van der Waals surface area contributed by atoms with Crippen molar-refractivity contribution in [3.8, 4) is 0 Å². The zero-order chi connectivity index (χ0) is 12.5. The predicted octanol–water partition coefficient (Wildman–Crippen LogP) is 3.12. The summed E-state index contributed by atoms with van der Waals surface area (Å²) in [5.41, 5.74) is 0. The summed E-state index contributed by atoms with van der Waals surface area (Å²) in [4.78, 5) is 0. The van der Waals surface area contributed by atoms with Crippen LogP contribution in [0.15, 0.2) is 25.3 Å². The van der Waals surface area contributed by atoms with Crippen LogP contribution >= 0.6 is 0 Å². The molecule has 1 aromatic rings. The minimum absolute atomic E-state index is 0.401. The van der Waals surface area contributed by atoms with Crippen LogP contribution in [0.3, 0.4) is 0 Å². The van der Waals surface area contributed by atoms with E-state index in [-0.39, 0.29) is 0 Å². The van der Waals surface area contributed by atoms with Crippen molar-refractivity contribution in [1.29, 1.82) is 0 Å². The zero-order valence-electron chi connectivity index (χ0n) is 10.9. The molecule has 0 saturated carbocycles. The number of aromatic nitrogens is 2. The largest absolute Gasteiger partial charge is 0.355 e. The van der Waals surface area contributed by atoms with Gasteiger partial charge in [-0.05, 0) is 6.42 Å². The Morgan fingerprint density at radius 2 is 2.00 bits per heavy atom. The molecule has 0 radical (unpaired) electrons. The summed E-state index contributed by atoms with van der Waals surface area (Å²) in [6.07, 6.45) is 15.3. The van der Waals surface area contributed by atoms with Gasteiger partial charge < -0.3 is 5.11 Å². The molecular weight excluding hydrogens is 212 g/mol. The van der Waals surface area contributed by atoms with Crippen LogP contribution in [-0.2, 0) is 0 Å². The number of nitrogens with zero attached hydrogens (tertiary/aromatic N) is 2. The molecule has 0 fully saturated rings. The topological polar surface area (TPSA) is 29.0 Å². The highest BCUT2D eigenvalue weighted by molar-refractivity contribution is 5.13. The van der Waals surface area contributed by atoms with Gasteiger partial charge in [-0.2, -0.15) is 0 Å². The summed E-state index contributed by atoms with van der Waals surface area (Å²) >= 11 is 0. The van der Waals surface area contributed by atoms with Crippen molar-refractivity contribution in [2.75, 3.05) is 0 Å². The molecule has 0 spiro atoms. The second-order valence-electron chi connectivity index (χ2n) is 4.53. The molecule has 1 heterocycles. The fourth-order valence-corrected chi connectivity index (χ4v) is 1.93. The first kappa shape index (κ1) is 14.0. The first-order valence-electron chi connectivity index (χ1n) is 6.66. The predicted molar refractivity (Wildman–Crippen MR) is 70.3 cm³/mol. The second kappa shape index (κ2) is 8.07. The molecule has 0 saturated heterocycles. The van der Waals surface area contributed by atoms with Crippen LogP contribution in [0.4, 0.5) is 0 Å². The van der Waals surface area contributed by atoms with Gasteiger partial charge in [0.2, 0.25) is 0 Å². The quantitative estimate of drug-likeness (QED) is 0.519. The molecule has 0 aromatic carbocycles. The summed E-state index contributed by atoms with van der Waals surface area (Å²) in [7, 11) is 0. The second-order valence-corrected chi connectivity index (χ2v) is 4.53. The number of hydrogen-bond acceptors (Lipinski definition) is 1. The Hall–Kier alpha value is -1.09. The van der Waals surface area contributed by atoms with E-state index in [4.69, 9.17) is 0 Å². The Kier molecular flexibility index (Phi) is 6.63. The van der Waals surface area contributed by atoms with Gasteiger partial charge in [0.05, 0.1) is 6.20 Å². The molecule has 0 aliphatic carbocycles. The van der Waals surface area contributed by atoms with E-state index >= 15 is 0 Å². The summed E-state index contributed by atoms with van der Waals surface area (Å²) in [5.74, 6) is 0. The van der Waals surface area contributed by atoms with Crippen molar-refractivity contribution in [3.05, 3.63) is 25.3 Å². The van der Waals surface area contributed by atoms with Crippen molar-refractivity contribution >= 4 is 6.20 Å². The number of rotatable bonds is 9. The van der Waals surface area contributed by atoms with Gasteiger partial charge in [0.1, 0.15) is 12.4 Å². The molecule has 0 bridgehead atoms. The highest BCUT2D eigenvalue weighted by Crippen LogP contribution is 2.10. The minimum Gasteiger partial charge on any atom is -0.355 e. The van der Waals surface area contributed by atoms with Gasteiger partial charge in [-0.25, -0.2) is 9.13 Å². The van der Waals surface area contributed by atoms with Crippen LogP contribution in [0.2, 0.25) is 0 Å². The first-order chi connectivity index (χ1) is 8.27. The van der Waals surface area contributed by atoms with E-state index in [1.807, 2.05) is 27.9 Å². The van der Waals surface area contributed by atoms with Gasteiger partial charge in [0.15, 0.2) is 6.23 Å². The smallest absolute Gasteiger partial charge is 0.250 e. The summed E-state index contributed by atoms with van der Waals surface area (Å²) < 4.78 is 3.66. The molecule has 1 N–H and O–H groups in total. The van der Waals surface area contributed by atoms with Crippen LogP contribution < -0.4 is 4.57 Å². The van der Waals surface area contributed by atoms with Gasteiger partial charge in [-0.15, -0.1) is 0 Å². The van der Waals surface area contributed by atoms with Crippen molar-refractivity contribution < 1.29 is 9.67 Å². The van der Waals surface area contributed by atoms with Gasteiger partial charge in [0, 0.05) is 6.42 Å².